The number of halogens is 4. The van der Waals surface area contributed by atoms with Crippen LogP contribution in [-0.2, 0) is 15.3 Å². The van der Waals surface area contributed by atoms with Crippen LogP contribution in [0.1, 0.15) is 5.56 Å². The first-order chi connectivity index (χ1) is 11.5. The summed E-state index contributed by atoms with van der Waals surface area (Å²) in [4.78, 5) is 0. The van der Waals surface area contributed by atoms with E-state index in [0.29, 0.717) is 34.2 Å². The Labute approximate surface area is 167 Å². The zero-order valence-corrected chi connectivity index (χ0v) is 17.2. The zero-order chi connectivity index (χ0) is 17.2. The molecule has 0 aromatic heterocycles. The highest BCUT2D eigenvalue weighted by molar-refractivity contribution is 9.10. The van der Waals surface area contributed by atoms with Gasteiger partial charge in [-0.2, -0.15) is 0 Å². The topological polar surface area (TPSA) is 27.7 Å². The summed E-state index contributed by atoms with van der Waals surface area (Å²) in [6.45, 7) is 0.791. The van der Waals surface area contributed by atoms with Crippen LogP contribution in [0.15, 0.2) is 46.9 Å². The van der Waals surface area contributed by atoms with Crippen molar-refractivity contribution in [2.24, 2.45) is 0 Å². The van der Waals surface area contributed by atoms with Gasteiger partial charge in [-0.25, -0.2) is 0 Å². The molecule has 0 N–H and O–H groups in total. The first kappa shape index (κ1) is 18.5. The Kier molecular flexibility index (Phi) is 6.11. The lowest BCUT2D eigenvalue weighted by molar-refractivity contribution is -0.159. The normalized spacial score (nSPS) is 23.4. The first-order valence-electron chi connectivity index (χ1n) is 7.25. The Morgan fingerprint density at radius 2 is 1.92 bits per heavy atom. The van der Waals surface area contributed by atoms with Crippen molar-refractivity contribution in [3.8, 4) is 5.75 Å². The molecule has 2 atom stereocenters. The van der Waals surface area contributed by atoms with Crippen molar-refractivity contribution in [2.75, 3.05) is 18.5 Å². The van der Waals surface area contributed by atoms with Crippen LogP contribution in [-0.4, -0.2) is 24.6 Å². The van der Waals surface area contributed by atoms with E-state index >= 15 is 0 Å². The van der Waals surface area contributed by atoms with Crippen molar-refractivity contribution >= 4 is 55.1 Å². The minimum atomic E-state index is -0.963. The first-order valence-corrected chi connectivity index (χ1v) is 9.92. The summed E-state index contributed by atoms with van der Waals surface area (Å²) >= 11 is 19.3. The van der Waals surface area contributed by atoms with Gasteiger partial charge in [0.05, 0.1) is 22.0 Å². The van der Waals surface area contributed by atoms with E-state index in [2.05, 4.69) is 31.9 Å². The van der Waals surface area contributed by atoms with Gasteiger partial charge >= 0.3 is 0 Å². The van der Waals surface area contributed by atoms with E-state index in [1.807, 2.05) is 36.4 Å². The van der Waals surface area contributed by atoms with Crippen LogP contribution in [0.25, 0.3) is 0 Å². The maximum atomic E-state index is 6.33. The Balaban J connectivity index is 1.70. The summed E-state index contributed by atoms with van der Waals surface area (Å²) in [6, 6.07) is 13.1. The lowest BCUT2D eigenvalue weighted by Crippen LogP contribution is -2.31. The van der Waals surface area contributed by atoms with E-state index in [4.69, 9.17) is 37.4 Å². The van der Waals surface area contributed by atoms with Crippen LogP contribution in [0.2, 0.25) is 10.0 Å². The van der Waals surface area contributed by atoms with E-state index in [1.54, 1.807) is 6.07 Å². The third kappa shape index (κ3) is 3.92. The van der Waals surface area contributed by atoms with E-state index in [1.165, 1.54) is 0 Å². The fraction of sp³-hybridized carbons (Fsp3) is 0.294. The summed E-state index contributed by atoms with van der Waals surface area (Å²) in [5, 5.41) is 1.35. The minimum absolute atomic E-state index is 0.207. The Morgan fingerprint density at radius 1 is 1.17 bits per heavy atom. The lowest BCUT2D eigenvalue weighted by Gasteiger charge is -2.27. The van der Waals surface area contributed by atoms with Gasteiger partial charge in [-0.15, -0.1) is 0 Å². The van der Waals surface area contributed by atoms with Gasteiger partial charge in [-0.1, -0.05) is 67.2 Å². The number of hydrogen-bond acceptors (Lipinski definition) is 3. The molecule has 128 valence electrons. The molecule has 7 heteroatoms. The zero-order valence-electron chi connectivity index (χ0n) is 12.5. The molecule has 0 amide bonds. The van der Waals surface area contributed by atoms with Crippen molar-refractivity contribution < 1.29 is 14.2 Å². The van der Waals surface area contributed by atoms with Gasteiger partial charge in [0, 0.05) is 10.0 Å². The van der Waals surface area contributed by atoms with Gasteiger partial charge in [-0.3, -0.25) is 0 Å². The molecule has 1 fully saturated rings. The Hall–Kier alpha value is -0.300. The van der Waals surface area contributed by atoms with Crippen molar-refractivity contribution in [3.63, 3.8) is 0 Å². The maximum absolute atomic E-state index is 6.33. The highest BCUT2D eigenvalue weighted by Gasteiger charge is 2.44. The summed E-state index contributed by atoms with van der Waals surface area (Å²) in [5.41, 5.74) is 0.708. The minimum Gasteiger partial charge on any atom is -0.491 e. The van der Waals surface area contributed by atoms with Crippen molar-refractivity contribution in [2.45, 2.75) is 11.9 Å². The second-order valence-electron chi connectivity index (χ2n) is 5.30. The standard InChI is InChI=1S/C17H14Br2Cl2O3/c18-10-17(14-2-1-3-15(20)16(14)21)23-9-13(24-17)8-22-12-6-4-11(19)5-7-12/h1-7,13H,8-10H2. The molecule has 3 rings (SSSR count). The monoisotopic (exact) mass is 494 g/mol. The highest BCUT2D eigenvalue weighted by Crippen LogP contribution is 2.41. The van der Waals surface area contributed by atoms with Gasteiger partial charge in [0.1, 0.15) is 18.5 Å². The third-order valence-electron chi connectivity index (χ3n) is 3.65. The highest BCUT2D eigenvalue weighted by atomic mass is 79.9. The molecule has 1 saturated heterocycles. The van der Waals surface area contributed by atoms with E-state index in [9.17, 15) is 0 Å². The average molecular weight is 497 g/mol. The van der Waals surface area contributed by atoms with E-state index in [-0.39, 0.29) is 6.10 Å². The molecule has 2 aromatic carbocycles. The lowest BCUT2D eigenvalue weighted by atomic mass is 10.1. The third-order valence-corrected chi connectivity index (χ3v) is 5.73. The molecule has 1 aliphatic rings. The summed E-state index contributed by atoms with van der Waals surface area (Å²) in [6.07, 6.45) is -0.207. The molecule has 2 aromatic rings. The molecular weight excluding hydrogens is 483 g/mol. The van der Waals surface area contributed by atoms with Crippen LogP contribution in [0.3, 0.4) is 0 Å². The molecule has 2 unspecified atom stereocenters. The van der Waals surface area contributed by atoms with Gasteiger partial charge in [-0.05, 0) is 30.3 Å². The van der Waals surface area contributed by atoms with Gasteiger partial charge < -0.3 is 14.2 Å². The number of alkyl halides is 1. The molecular formula is C17H14Br2Cl2O3. The molecule has 0 bridgehead atoms. The number of rotatable bonds is 5. The van der Waals surface area contributed by atoms with Crippen LogP contribution in [0, 0.1) is 0 Å². The quantitative estimate of drug-likeness (QED) is 0.490. The Bertz CT molecular complexity index is 711. The molecule has 0 aliphatic carbocycles. The molecule has 0 spiro atoms. The van der Waals surface area contributed by atoms with Crippen LogP contribution in [0.4, 0.5) is 0 Å². The fourth-order valence-corrected chi connectivity index (χ4v) is 3.75. The second-order valence-corrected chi connectivity index (χ2v) is 7.57. The van der Waals surface area contributed by atoms with Crippen molar-refractivity contribution in [1.29, 1.82) is 0 Å². The maximum Gasteiger partial charge on any atom is 0.206 e. The van der Waals surface area contributed by atoms with Gasteiger partial charge in [0.2, 0.25) is 5.79 Å². The van der Waals surface area contributed by atoms with Gasteiger partial charge in [0.25, 0.3) is 0 Å². The number of hydrogen-bond donors (Lipinski definition) is 0. The molecule has 3 nitrogen and oxygen atoms in total. The largest absolute Gasteiger partial charge is 0.491 e. The molecule has 24 heavy (non-hydrogen) atoms. The van der Waals surface area contributed by atoms with Crippen LogP contribution in [0.5, 0.6) is 5.75 Å². The van der Waals surface area contributed by atoms with Crippen molar-refractivity contribution in [1.82, 2.24) is 0 Å². The summed E-state index contributed by atoms with van der Waals surface area (Å²) in [5.74, 6) is -0.186. The number of benzene rings is 2. The van der Waals surface area contributed by atoms with Crippen LogP contribution >= 0.6 is 55.1 Å². The van der Waals surface area contributed by atoms with Gasteiger partial charge in [0.15, 0.2) is 0 Å². The second kappa shape index (κ2) is 7.94. The fourth-order valence-electron chi connectivity index (χ4n) is 2.45. The molecule has 1 heterocycles. The van der Waals surface area contributed by atoms with E-state index in [0.717, 1.165) is 10.2 Å². The SMILES string of the molecule is Clc1cccc(C2(CBr)OCC(COc3ccc(Br)cc3)O2)c1Cl. The predicted molar refractivity (Wildman–Crippen MR) is 102 cm³/mol. The smallest absolute Gasteiger partial charge is 0.206 e. The molecule has 1 aliphatic heterocycles. The Morgan fingerprint density at radius 3 is 2.62 bits per heavy atom. The molecule has 0 saturated carbocycles. The average Bonchev–Trinajstić information content (AvgIpc) is 3.01. The van der Waals surface area contributed by atoms with Crippen LogP contribution < -0.4 is 4.74 Å². The predicted octanol–water partition coefficient (Wildman–Crippen LogP) is 5.80. The van der Waals surface area contributed by atoms with E-state index < -0.39 is 5.79 Å². The van der Waals surface area contributed by atoms with Crippen molar-refractivity contribution in [3.05, 3.63) is 62.5 Å². The summed E-state index contributed by atoms with van der Waals surface area (Å²) < 4.78 is 18.8. The molecule has 0 radical (unpaired) electrons. The number of ether oxygens (including phenoxy) is 3. The summed E-state index contributed by atoms with van der Waals surface area (Å²) in [7, 11) is 0.